The number of aliphatic imine (C=N–C) groups is 1. The van der Waals surface area contributed by atoms with Crippen molar-refractivity contribution >= 4 is 46.9 Å². The average Bonchev–Trinajstić information content (AvgIpc) is 3.45. The molecule has 2 atom stereocenters. The van der Waals surface area contributed by atoms with E-state index < -0.39 is 0 Å². The van der Waals surface area contributed by atoms with Crippen molar-refractivity contribution in [3.8, 4) is 0 Å². The topological polar surface area (TPSA) is 79.1 Å². The molecule has 3 aromatic heterocycles. The molecule has 0 radical (unpaired) electrons. The van der Waals surface area contributed by atoms with Crippen molar-refractivity contribution in [1.82, 2.24) is 30.1 Å². The summed E-state index contributed by atoms with van der Waals surface area (Å²) in [6.07, 6.45) is 3.02. The van der Waals surface area contributed by atoms with Crippen LogP contribution in [-0.4, -0.2) is 70.9 Å². The maximum atomic E-state index is 5.75. The standard InChI is InChI=1S/C22H31N7OS.HI/c1-3-23-22(24-10-9-21-27-26-20-8-4-5-11-29(20)21)25-15-18(19-7-6-14-31-19)28-12-13-30-17(2)16-28;/h4-8,11,14,17-18H,3,9-10,12-13,15-16H2,1-2H3,(H2,23,24,25);1H. The van der Waals surface area contributed by atoms with Crippen LogP contribution < -0.4 is 10.6 Å². The molecule has 2 N–H and O–H groups in total. The minimum atomic E-state index is 0. The molecule has 0 spiro atoms. The molecule has 10 heteroatoms. The third-order valence-corrected chi connectivity index (χ3v) is 6.35. The first-order valence-corrected chi connectivity index (χ1v) is 11.8. The van der Waals surface area contributed by atoms with Crippen molar-refractivity contribution in [2.75, 3.05) is 39.3 Å². The summed E-state index contributed by atoms with van der Waals surface area (Å²) in [6, 6.07) is 10.5. The lowest BCUT2D eigenvalue weighted by Gasteiger charge is -2.36. The third kappa shape index (κ3) is 6.40. The van der Waals surface area contributed by atoms with Crippen molar-refractivity contribution in [2.24, 2.45) is 4.99 Å². The number of fused-ring (bicyclic) bond motifs is 1. The fourth-order valence-corrected chi connectivity index (χ4v) is 4.72. The van der Waals surface area contributed by atoms with E-state index in [0.717, 1.165) is 56.6 Å². The van der Waals surface area contributed by atoms with Gasteiger partial charge in [0, 0.05) is 43.7 Å². The molecule has 0 amide bonds. The van der Waals surface area contributed by atoms with Gasteiger partial charge in [-0.25, -0.2) is 0 Å². The van der Waals surface area contributed by atoms with Gasteiger partial charge in [0.05, 0.1) is 25.3 Å². The average molecular weight is 570 g/mol. The lowest BCUT2D eigenvalue weighted by molar-refractivity contribution is -0.0327. The maximum absolute atomic E-state index is 5.75. The number of rotatable bonds is 8. The fourth-order valence-electron chi connectivity index (χ4n) is 3.87. The number of ether oxygens (including phenoxy) is 1. The van der Waals surface area contributed by atoms with Crippen molar-refractivity contribution in [2.45, 2.75) is 32.4 Å². The van der Waals surface area contributed by atoms with Crippen LogP contribution in [0.25, 0.3) is 5.65 Å². The van der Waals surface area contributed by atoms with E-state index in [4.69, 9.17) is 9.73 Å². The second-order valence-corrected chi connectivity index (χ2v) is 8.63. The molecule has 4 rings (SSSR count). The molecule has 8 nitrogen and oxygen atoms in total. The van der Waals surface area contributed by atoms with Gasteiger partial charge in [-0.1, -0.05) is 12.1 Å². The number of guanidine groups is 1. The molecule has 1 aliphatic heterocycles. The first kappa shape index (κ1) is 24.9. The summed E-state index contributed by atoms with van der Waals surface area (Å²) in [6.45, 7) is 9.13. The van der Waals surface area contributed by atoms with Gasteiger partial charge in [-0.05, 0) is 37.4 Å². The highest BCUT2D eigenvalue weighted by Crippen LogP contribution is 2.27. The summed E-state index contributed by atoms with van der Waals surface area (Å²) in [4.78, 5) is 8.77. The molecule has 0 aliphatic carbocycles. The monoisotopic (exact) mass is 569 g/mol. The summed E-state index contributed by atoms with van der Waals surface area (Å²) < 4.78 is 7.77. The number of nitrogens with zero attached hydrogens (tertiary/aromatic N) is 5. The van der Waals surface area contributed by atoms with Crippen molar-refractivity contribution in [1.29, 1.82) is 0 Å². The van der Waals surface area contributed by atoms with E-state index >= 15 is 0 Å². The van der Waals surface area contributed by atoms with Crippen LogP contribution in [0.4, 0.5) is 0 Å². The lowest BCUT2D eigenvalue weighted by atomic mass is 10.1. The van der Waals surface area contributed by atoms with Gasteiger partial charge in [0.2, 0.25) is 0 Å². The van der Waals surface area contributed by atoms with Crippen molar-refractivity contribution in [3.63, 3.8) is 0 Å². The van der Waals surface area contributed by atoms with E-state index in [9.17, 15) is 0 Å². The summed E-state index contributed by atoms with van der Waals surface area (Å²) in [5.41, 5.74) is 0.872. The number of pyridine rings is 1. The second-order valence-electron chi connectivity index (χ2n) is 7.65. The van der Waals surface area contributed by atoms with Gasteiger partial charge < -0.3 is 15.4 Å². The SMILES string of the molecule is CCNC(=NCC(c1cccs1)N1CCOC(C)C1)NCCc1nnc2ccccn12.I. The van der Waals surface area contributed by atoms with E-state index in [1.165, 1.54) is 4.88 Å². The van der Waals surface area contributed by atoms with Gasteiger partial charge in [-0.15, -0.1) is 45.5 Å². The van der Waals surface area contributed by atoms with Gasteiger partial charge in [-0.3, -0.25) is 14.3 Å². The summed E-state index contributed by atoms with van der Waals surface area (Å²) in [5.74, 6) is 1.77. The minimum absolute atomic E-state index is 0. The quantitative estimate of drug-likeness (QED) is 0.247. The molecule has 0 saturated carbocycles. The lowest BCUT2D eigenvalue weighted by Crippen LogP contribution is -2.44. The van der Waals surface area contributed by atoms with Crippen LogP contribution in [0.1, 0.15) is 30.6 Å². The Morgan fingerprint density at radius 3 is 2.97 bits per heavy atom. The first-order valence-electron chi connectivity index (χ1n) is 10.9. The van der Waals surface area contributed by atoms with Gasteiger partial charge in [0.1, 0.15) is 5.82 Å². The summed E-state index contributed by atoms with van der Waals surface area (Å²) in [7, 11) is 0. The third-order valence-electron chi connectivity index (χ3n) is 5.38. The van der Waals surface area contributed by atoms with Crippen LogP contribution in [0.2, 0.25) is 0 Å². The predicted molar refractivity (Wildman–Crippen MR) is 140 cm³/mol. The molecule has 1 aliphatic rings. The van der Waals surface area contributed by atoms with E-state index in [1.54, 1.807) is 11.3 Å². The maximum Gasteiger partial charge on any atom is 0.191 e. The highest BCUT2D eigenvalue weighted by molar-refractivity contribution is 14.0. The number of hydrogen-bond donors (Lipinski definition) is 2. The molecule has 1 fully saturated rings. The molecule has 0 bridgehead atoms. The number of hydrogen-bond acceptors (Lipinski definition) is 6. The zero-order chi connectivity index (χ0) is 21.5. The molecule has 4 heterocycles. The Hall–Kier alpha value is -1.76. The predicted octanol–water partition coefficient (Wildman–Crippen LogP) is 2.97. The van der Waals surface area contributed by atoms with Crippen molar-refractivity contribution in [3.05, 3.63) is 52.6 Å². The molecule has 174 valence electrons. The van der Waals surface area contributed by atoms with E-state index in [1.807, 2.05) is 28.8 Å². The molecule has 2 unspecified atom stereocenters. The molecule has 0 aromatic carbocycles. The smallest absolute Gasteiger partial charge is 0.191 e. The molecular formula is C22H32IN7OS. The van der Waals surface area contributed by atoms with E-state index in [-0.39, 0.29) is 36.1 Å². The minimum Gasteiger partial charge on any atom is -0.376 e. The highest BCUT2D eigenvalue weighted by Gasteiger charge is 2.26. The van der Waals surface area contributed by atoms with Gasteiger partial charge in [0.15, 0.2) is 11.6 Å². The second kappa shape index (κ2) is 12.5. The fraction of sp³-hybridized carbons (Fsp3) is 0.500. The molecule has 1 saturated heterocycles. The van der Waals surface area contributed by atoms with Crippen LogP contribution in [0.5, 0.6) is 0 Å². The zero-order valence-corrected chi connectivity index (χ0v) is 21.8. The van der Waals surface area contributed by atoms with E-state index in [2.05, 4.69) is 57.1 Å². The number of aromatic nitrogens is 3. The van der Waals surface area contributed by atoms with Crippen LogP contribution >= 0.6 is 35.3 Å². The zero-order valence-electron chi connectivity index (χ0n) is 18.6. The largest absolute Gasteiger partial charge is 0.376 e. The van der Waals surface area contributed by atoms with Gasteiger partial charge in [0.25, 0.3) is 0 Å². The Morgan fingerprint density at radius 1 is 1.28 bits per heavy atom. The first-order chi connectivity index (χ1) is 15.2. The Kier molecular flexibility index (Phi) is 9.69. The molecule has 3 aromatic rings. The summed E-state index contributed by atoms with van der Waals surface area (Å²) in [5, 5.41) is 17.5. The highest BCUT2D eigenvalue weighted by atomic mass is 127. The normalized spacial score (nSPS) is 18.3. The number of nitrogens with one attached hydrogen (secondary N) is 2. The van der Waals surface area contributed by atoms with Crippen LogP contribution in [0, 0.1) is 0 Å². The summed E-state index contributed by atoms with van der Waals surface area (Å²) >= 11 is 1.80. The van der Waals surface area contributed by atoms with Gasteiger partial charge in [-0.2, -0.15) is 0 Å². The van der Waals surface area contributed by atoms with Crippen LogP contribution in [-0.2, 0) is 11.2 Å². The number of thiophene rings is 1. The Balaban J connectivity index is 0.00000289. The van der Waals surface area contributed by atoms with Crippen molar-refractivity contribution < 1.29 is 4.74 Å². The Morgan fingerprint density at radius 2 is 2.19 bits per heavy atom. The van der Waals surface area contributed by atoms with E-state index in [0.29, 0.717) is 6.54 Å². The molecule has 32 heavy (non-hydrogen) atoms. The number of halogens is 1. The van der Waals surface area contributed by atoms with Crippen LogP contribution in [0.15, 0.2) is 46.9 Å². The molecular weight excluding hydrogens is 537 g/mol. The number of morpholine rings is 1. The Labute approximate surface area is 210 Å². The Bertz CT molecular complexity index is 978. The van der Waals surface area contributed by atoms with Crippen LogP contribution in [0.3, 0.4) is 0 Å². The van der Waals surface area contributed by atoms with Gasteiger partial charge >= 0.3 is 0 Å².